The molecule has 0 atom stereocenters. The molecule has 0 radical (unpaired) electrons. The number of nitrogens with zero attached hydrogens (tertiary/aromatic N) is 2. The van der Waals surface area contributed by atoms with Crippen molar-refractivity contribution in [2.24, 2.45) is 0 Å². The van der Waals surface area contributed by atoms with Crippen LogP contribution in [0.25, 0.3) is 11.0 Å². The molecular weight excluding hydrogens is 187 g/mol. The van der Waals surface area contributed by atoms with E-state index in [1.807, 2.05) is 6.92 Å². The first-order valence-electron chi connectivity index (χ1n) is 4.14. The van der Waals surface area contributed by atoms with Crippen molar-refractivity contribution in [1.29, 1.82) is 0 Å². The molecule has 0 bridgehead atoms. The smallest absolute Gasteiger partial charge is 0.128 e. The molecule has 4 heteroatoms. The van der Waals surface area contributed by atoms with Gasteiger partial charge in [0.25, 0.3) is 0 Å². The number of aromatic nitrogens is 2. The fraction of sp³-hybridized carbons (Fsp3) is 0.333. The minimum absolute atomic E-state index is 0.183. The molecule has 2 nitrogen and oxygen atoms in total. The lowest BCUT2D eigenvalue weighted by molar-refractivity contribution is 0.619. The fourth-order valence-corrected chi connectivity index (χ4v) is 1.99. The topological polar surface area (TPSA) is 25.8 Å². The fourth-order valence-electron chi connectivity index (χ4n) is 1.36. The summed E-state index contributed by atoms with van der Waals surface area (Å²) in [6.45, 7) is 3.72. The minimum atomic E-state index is -0.183. The molecule has 2 rings (SSSR count). The quantitative estimate of drug-likeness (QED) is 0.700. The SMILES string of the molecule is CCc1cc(F)c(C)c2nsnc12. The van der Waals surface area contributed by atoms with E-state index in [0.717, 1.165) is 29.2 Å². The van der Waals surface area contributed by atoms with Crippen molar-refractivity contribution in [3.05, 3.63) is 23.0 Å². The number of benzene rings is 1. The van der Waals surface area contributed by atoms with Gasteiger partial charge >= 0.3 is 0 Å². The Balaban J connectivity index is 2.87. The Kier molecular flexibility index (Phi) is 2.00. The predicted molar refractivity (Wildman–Crippen MR) is 51.5 cm³/mol. The molecule has 1 aromatic carbocycles. The Morgan fingerprint density at radius 2 is 2.08 bits per heavy atom. The van der Waals surface area contributed by atoms with Crippen LogP contribution in [-0.4, -0.2) is 8.75 Å². The van der Waals surface area contributed by atoms with Gasteiger partial charge in [0.15, 0.2) is 0 Å². The summed E-state index contributed by atoms with van der Waals surface area (Å²) in [6.07, 6.45) is 0.791. The van der Waals surface area contributed by atoms with E-state index in [1.165, 1.54) is 0 Å². The van der Waals surface area contributed by atoms with Gasteiger partial charge in [0, 0.05) is 5.56 Å². The third-order valence-electron chi connectivity index (χ3n) is 2.19. The normalized spacial score (nSPS) is 11.0. The maximum absolute atomic E-state index is 13.3. The van der Waals surface area contributed by atoms with Gasteiger partial charge in [0.1, 0.15) is 16.9 Å². The molecule has 0 aliphatic heterocycles. The van der Waals surface area contributed by atoms with Gasteiger partial charge in [-0.15, -0.1) is 0 Å². The van der Waals surface area contributed by atoms with E-state index in [-0.39, 0.29) is 5.82 Å². The summed E-state index contributed by atoms with van der Waals surface area (Å²) in [5, 5.41) is 0. The highest BCUT2D eigenvalue weighted by molar-refractivity contribution is 7.00. The molecular formula is C9H9FN2S. The summed E-state index contributed by atoms with van der Waals surface area (Å²) < 4.78 is 21.5. The molecule has 2 aromatic rings. The van der Waals surface area contributed by atoms with Crippen LogP contribution in [0.1, 0.15) is 18.1 Å². The summed E-state index contributed by atoms with van der Waals surface area (Å²) in [5.74, 6) is -0.183. The highest BCUT2D eigenvalue weighted by Gasteiger charge is 2.10. The molecule has 0 amide bonds. The lowest BCUT2D eigenvalue weighted by atomic mass is 10.1. The maximum atomic E-state index is 13.3. The zero-order valence-corrected chi connectivity index (χ0v) is 8.28. The Bertz CT molecular complexity index is 450. The van der Waals surface area contributed by atoms with Crippen LogP contribution in [0.5, 0.6) is 0 Å². The number of aryl methyl sites for hydroxylation is 2. The summed E-state index contributed by atoms with van der Waals surface area (Å²) in [6, 6.07) is 1.55. The summed E-state index contributed by atoms with van der Waals surface area (Å²) in [5.41, 5.74) is 3.10. The van der Waals surface area contributed by atoms with Gasteiger partial charge in [0.2, 0.25) is 0 Å². The average Bonchev–Trinajstić information content (AvgIpc) is 2.60. The van der Waals surface area contributed by atoms with Gasteiger partial charge in [-0.2, -0.15) is 8.75 Å². The minimum Gasteiger partial charge on any atom is -0.207 e. The van der Waals surface area contributed by atoms with Crippen molar-refractivity contribution < 1.29 is 4.39 Å². The Labute approximate surface area is 79.7 Å². The predicted octanol–water partition coefficient (Wildman–Crippen LogP) is 2.70. The summed E-state index contributed by atoms with van der Waals surface area (Å²) in [4.78, 5) is 0. The monoisotopic (exact) mass is 196 g/mol. The lowest BCUT2D eigenvalue weighted by Crippen LogP contribution is -1.90. The molecule has 0 saturated heterocycles. The molecule has 1 heterocycles. The number of hydrogen-bond donors (Lipinski definition) is 0. The van der Waals surface area contributed by atoms with Crippen molar-refractivity contribution in [2.45, 2.75) is 20.3 Å². The maximum Gasteiger partial charge on any atom is 0.128 e. The molecule has 0 saturated carbocycles. The zero-order valence-electron chi connectivity index (χ0n) is 7.47. The van der Waals surface area contributed by atoms with E-state index < -0.39 is 0 Å². The Morgan fingerprint density at radius 1 is 1.38 bits per heavy atom. The van der Waals surface area contributed by atoms with Gasteiger partial charge < -0.3 is 0 Å². The second kappa shape index (κ2) is 3.03. The van der Waals surface area contributed by atoms with Gasteiger partial charge in [-0.1, -0.05) is 6.92 Å². The van der Waals surface area contributed by atoms with Crippen LogP contribution >= 0.6 is 11.7 Å². The van der Waals surface area contributed by atoms with Crippen LogP contribution < -0.4 is 0 Å². The van der Waals surface area contributed by atoms with E-state index in [2.05, 4.69) is 8.75 Å². The zero-order chi connectivity index (χ0) is 9.42. The lowest BCUT2D eigenvalue weighted by Gasteiger charge is -2.01. The standard InChI is InChI=1S/C9H9FN2S/c1-3-6-4-7(10)5(2)8-9(6)12-13-11-8/h4H,3H2,1-2H3. The highest BCUT2D eigenvalue weighted by Crippen LogP contribution is 2.23. The van der Waals surface area contributed by atoms with Gasteiger partial charge in [0.05, 0.1) is 11.7 Å². The van der Waals surface area contributed by atoms with Crippen molar-refractivity contribution >= 4 is 22.8 Å². The van der Waals surface area contributed by atoms with Gasteiger partial charge in [-0.3, -0.25) is 0 Å². The number of hydrogen-bond acceptors (Lipinski definition) is 3. The van der Waals surface area contributed by atoms with Crippen molar-refractivity contribution in [3.63, 3.8) is 0 Å². The number of halogens is 1. The van der Waals surface area contributed by atoms with Crippen LogP contribution in [0.15, 0.2) is 6.07 Å². The first kappa shape index (κ1) is 8.56. The van der Waals surface area contributed by atoms with Gasteiger partial charge in [-0.05, 0) is 25.0 Å². The molecule has 13 heavy (non-hydrogen) atoms. The van der Waals surface area contributed by atoms with E-state index in [4.69, 9.17) is 0 Å². The van der Waals surface area contributed by atoms with Gasteiger partial charge in [-0.25, -0.2) is 4.39 Å². The molecule has 0 N–H and O–H groups in total. The third-order valence-corrected chi connectivity index (χ3v) is 2.72. The highest BCUT2D eigenvalue weighted by atomic mass is 32.1. The van der Waals surface area contributed by atoms with Crippen LogP contribution in [0.3, 0.4) is 0 Å². The first-order chi connectivity index (χ1) is 6.24. The van der Waals surface area contributed by atoms with E-state index in [0.29, 0.717) is 11.1 Å². The van der Waals surface area contributed by atoms with Crippen molar-refractivity contribution in [2.75, 3.05) is 0 Å². The van der Waals surface area contributed by atoms with Crippen LogP contribution in [0, 0.1) is 12.7 Å². The van der Waals surface area contributed by atoms with Crippen LogP contribution in [0.4, 0.5) is 4.39 Å². The molecule has 0 aliphatic rings. The molecule has 1 aromatic heterocycles. The second-order valence-corrected chi connectivity index (χ2v) is 3.49. The molecule has 68 valence electrons. The Morgan fingerprint density at radius 3 is 2.77 bits per heavy atom. The van der Waals surface area contributed by atoms with E-state index >= 15 is 0 Å². The van der Waals surface area contributed by atoms with Crippen LogP contribution in [0.2, 0.25) is 0 Å². The number of rotatable bonds is 1. The average molecular weight is 196 g/mol. The molecule has 0 aliphatic carbocycles. The molecule has 0 fully saturated rings. The number of fused-ring (bicyclic) bond motifs is 1. The second-order valence-electron chi connectivity index (χ2n) is 2.96. The summed E-state index contributed by atoms with van der Waals surface area (Å²) in [7, 11) is 0. The Hall–Kier alpha value is -1.03. The first-order valence-corrected chi connectivity index (χ1v) is 4.87. The molecule has 0 spiro atoms. The molecule has 0 unspecified atom stereocenters. The van der Waals surface area contributed by atoms with Crippen molar-refractivity contribution in [1.82, 2.24) is 8.75 Å². The van der Waals surface area contributed by atoms with Crippen LogP contribution in [-0.2, 0) is 6.42 Å². The summed E-state index contributed by atoms with van der Waals surface area (Å²) >= 11 is 1.14. The third kappa shape index (κ3) is 1.21. The van der Waals surface area contributed by atoms with Crippen molar-refractivity contribution in [3.8, 4) is 0 Å². The largest absolute Gasteiger partial charge is 0.207 e. The van der Waals surface area contributed by atoms with E-state index in [1.54, 1.807) is 13.0 Å². The van der Waals surface area contributed by atoms with E-state index in [9.17, 15) is 4.39 Å².